The van der Waals surface area contributed by atoms with E-state index in [-0.39, 0.29) is 18.0 Å². The fraction of sp³-hybridized carbons (Fsp3) is 0.211. The van der Waals surface area contributed by atoms with Gasteiger partial charge in [0.2, 0.25) is 0 Å². The Labute approximate surface area is 149 Å². The molecule has 3 heterocycles. The highest BCUT2D eigenvalue weighted by molar-refractivity contribution is 6.30. The van der Waals surface area contributed by atoms with E-state index in [1.807, 2.05) is 19.1 Å². The molecule has 3 aromatic rings. The van der Waals surface area contributed by atoms with Crippen LogP contribution in [0.3, 0.4) is 0 Å². The minimum Gasteiger partial charge on any atom is -0.334 e. The van der Waals surface area contributed by atoms with Crippen LogP contribution >= 0.6 is 11.6 Å². The molecule has 25 heavy (non-hydrogen) atoms. The Kier molecular flexibility index (Phi) is 3.81. The van der Waals surface area contributed by atoms with E-state index in [0.717, 1.165) is 11.3 Å². The van der Waals surface area contributed by atoms with E-state index in [4.69, 9.17) is 11.6 Å². The predicted octanol–water partition coefficient (Wildman–Crippen LogP) is 2.85. The van der Waals surface area contributed by atoms with Gasteiger partial charge in [0.05, 0.1) is 17.8 Å². The Bertz CT molecular complexity index is 1040. The van der Waals surface area contributed by atoms with Crippen LogP contribution in [-0.2, 0) is 13.0 Å². The number of benzene rings is 1. The number of aromatic nitrogens is 2. The summed E-state index contributed by atoms with van der Waals surface area (Å²) in [5.74, 6) is -0.101. The van der Waals surface area contributed by atoms with Crippen molar-refractivity contribution in [3.8, 4) is 0 Å². The zero-order chi connectivity index (χ0) is 17.6. The lowest BCUT2D eigenvalue weighted by Gasteiger charge is -2.28. The smallest absolute Gasteiger partial charge is 0.263 e. The number of carbonyl (C=O) groups excluding carboxylic acids is 1. The third-order valence-corrected chi connectivity index (χ3v) is 4.83. The van der Waals surface area contributed by atoms with E-state index in [2.05, 4.69) is 4.98 Å². The Morgan fingerprint density at radius 2 is 1.96 bits per heavy atom. The highest BCUT2D eigenvalue weighted by Crippen LogP contribution is 2.19. The molecule has 0 spiro atoms. The maximum Gasteiger partial charge on any atom is 0.263 e. The van der Waals surface area contributed by atoms with Crippen molar-refractivity contribution in [2.75, 3.05) is 6.54 Å². The standard InChI is InChI=1S/C19H16ClN3O2/c1-12-3-2-9-23-17(12)21-16-8-10-22(11-15(16)19(23)25)18(24)13-4-6-14(20)7-5-13/h2-7,9H,8,10-11H2,1H3. The van der Waals surface area contributed by atoms with Crippen molar-refractivity contribution in [3.05, 3.63) is 80.4 Å². The van der Waals surface area contributed by atoms with Crippen LogP contribution in [0.5, 0.6) is 0 Å². The van der Waals surface area contributed by atoms with Crippen LogP contribution in [0, 0.1) is 6.92 Å². The van der Waals surface area contributed by atoms with Crippen molar-refractivity contribution in [2.24, 2.45) is 0 Å². The molecule has 1 aromatic carbocycles. The first-order valence-electron chi connectivity index (χ1n) is 8.09. The van der Waals surface area contributed by atoms with Crippen LogP contribution in [0.4, 0.5) is 0 Å². The molecule has 0 atom stereocenters. The van der Waals surface area contributed by atoms with Crippen LogP contribution < -0.4 is 5.56 Å². The fourth-order valence-corrected chi connectivity index (χ4v) is 3.33. The summed E-state index contributed by atoms with van der Waals surface area (Å²) < 4.78 is 1.56. The number of amides is 1. The maximum atomic E-state index is 12.8. The fourth-order valence-electron chi connectivity index (χ4n) is 3.20. The number of hydrogen-bond acceptors (Lipinski definition) is 3. The summed E-state index contributed by atoms with van der Waals surface area (Å²) in [5, 5.41) is 0.588. The van der Waals surface area contributed by atoms with Gasteiger partial charge in [-0.05, 0) is 42.8 Å². The molecule has 0 unspecified atom stereocenters. The van der Waals surface area contributed by atoms with Gasteiger partial charge in [-0.2, -0.15) is 0 Å². The van der Waals surface area contributed by atoms with Gasteiger partial charge in [0.1, 0.15) is 5.65 Å². The van der Waals surface area contributed by atoms with Crippen molar-refractivity contribution in [3.63, 3.8) is 0 Å². The molecule has 0 bridgehead atoms. The molecule has 0 aliphatic carbocycles. The molecule has 5 nitrogen and oxygen atoms in total. The van der Waals surface area contributed by atoms with E-state index < -0.39 is 0 Å². The Morgan fingerprint density at radius 1 is 1.20 bits per heavy atom. The zero-order valence-corrected chi connectivity index (χ0v) is 14.5. The van der Waals surface area contributed by atoms with Crippen molar-refractivity contribution in [1.82, 2.24) is 14.3 Å². The summed E-state index contributed by atoms with van der Waals surface area (Å²) in [4.78, 5) is 31.9. The average molecular weight is 354 g/mol. The monoisotopic (exact) mass is 353 g/mol. The topological polar surface area (TPSA) is 54.7 Å². The lowest BCUT2D eigenvalue weighted by molar-refractivity contribution is 0.0732. The Morgan fingerprint density at radius 3 is 2.72 bits per heavy atom. The van der Waals surface area contributed by atoms with Crippen molar-refractivity contribution < 1.29 is 4.79 Å². The molecule has 0 N–H and O–H groups in total. The molecule has 0 radical (unpaired) electrons. The summed E-state index contributed by atoms with van der Waals surface area (Å²) in [6.45, 7) is 2.76. The molecule has 0 saturated carbocycles. The quantitative estimate of drug-likeness (QED) is 0.676. The molecule has 0 saturated heterocycles. The molecular formula is C19H16ClN3O2. The first kappa shape index (κ1) is 15.8. The summed E-state index contributed by atoms with van der Waals surface area (Å²) >= 11 is 5.88. The Balaban J connectivity index is 1.72. The van der Waals surface area contributed by atoms with Gasteiger partial charge in [-0.1, -0.05) is 17.7 Å². The number of carbonyl (C=O) groups is 1. The maximum absolute atomic E-state index is 12.8. The molecule has 1 aliphatic heterocycles. The largest absolute Gasteiger partial charge is 0.334 e. The number of rotatable bonds is 1. The van der Waals surface area contributed by atoms with Crippen LogP contribution in [0.1, 0.15) is 27.2 Å². The summed E-state index contributed by atoms with van der Waals surface area (Å²) in [6, 6.07) is 10.6. The SMILES string of the molecule is Cc1cccn2c(=O)c3c(nc12)CCN(C(=O)c1ccc(Cl)cc1)C3. The van der Waals surface area contributed by atoms with E-state index in [9.17, 15) is 9.59 Å². The van der Waals surface area contributed by atoms with Crippen LogP contribution in [0.25, 0.3) is 5.65 Å². The van der Waals surface area contributed by atoms with Gasteiger partial charge < -0.3 is 4.90 Å². The van der Waals surface area contributed by atoms with Crippen LogP contribution in [-0.4, -0.2) is 26.7 Å². The van der Waals surface area contributed by atoms with E-state index >= 15 is 0 Å². The lowest BCUT2D eigenvalue weighted by Crippen LogP contribution is -2.40. The second kappa shape index (κ2) is 6.01. The minimum atomic E-state index is -0.101. The van der Waals surface area contributed by atoms with Crippen molar-refractivity contribution in [2.45, 2.75) is 19.9 Å². The molecule has 126 valence electrons. The van der Waals surface area contributed by atoms with E-state index in [1.165, 1.54) is 0 Å². The molecule has 0 fully saturated rings. The van der Waals surface area contributed by atoms with Gasteiger partial charge in [0, 0.05) is 29.7 Å². The van der Waals surface area contributed by atoms with Gasteiger partial charge >= 0.3 is 0 Å². The number of hydrogen-bond donors (Lipinski definition) is 0. The molecular weight excluding hydrogens is 338 g/mol. The molecule has 6 heteroatoms. The summed E-state index contributed by atoms with van der Waals surface area (Å²) in [7, 11) is 0. The van der Waals surface area contributed by atoms with Gasteiger partial charge in [0.15, 0.2) is 0 Å². The number of halogens is 1. The van der Waals surface area contributed by atoms with Gasteiger partial charge in [-0.25, -0.2) is 4.98 Å². The van der Waals surface area contributed by atoms with Gasteiger partial charge in [-0.15, -0.1) is 0 Å². The number of nitrogens with zero attached hydrogens (tertiary/aromatic N) is 3. The van der Waals surface area contributed by atoms with E-state index in [1.54, 1.807) is 39.8 Å². The number of pyridine rings is 1. The van der Waals surface area contributed by atoms with Crippen LogP contribution in [0.2, 0.25) is 5.02 Å². The number of fused-ring (bicyclic) bond motifs is 2. The summed E-state index contributed by atoms with van der Waals surface area (Å²) in [6.07, 6.45) is 2.30. The molecule has 1 aliphatic rings. The molecule has 1 amide bonds. The second-order valence-electron chi connectivity index (χ2n) is 6.21. The van der Waals surface area contributed by atoms with Gasteiger partial charge in [0.25, 0.3) is 11.5 Å². The Hall–Kier alpha value is -2.66. The first-order chi connectivity index (χ1) is 12.0. The predicted molar refractivity (Wildman–Crippen MR) is 96.1 cm³/mol. The third kappa shape index (κ3) is 2.70. The lowest BCUT2D eigenvalue weighted by atomic mass is 10.1. The third-order valence-electron chi connectivity index (χ3n) is 4.57. The average Bonchev–Trinajstić information content (AvgIpc) is 2.63. The number of aryl methyl sites for hydroxylation is 1. The normalized spacial score (nSPS) is 13.8. The summed E-state index contributed by atoms with van der Waals surface area (Å²) in [5.41, 5.74) is 3.50. The highest BCUT2D eigenvalue weighted by Gasteiger charge is 2.25. The zero-order valence-electron chi connectivity index (χ0n) is 13.7. The highest BCUT2D eigenvalue weighted by atomic mass is 35.5. The van der Waals surface area contributed by atoms with Crippen molar-refractivity contribution in [1.29, 1.82) is 0 Å². The van der Waals surface area contributed by atoms with E-state index in [0.29, 0.717) is 34.8 Å². The second-order valence-corrected chi connectivity index (χ2v) is 6.65. The molecule has 4 rings (SSSR count). The van der Waals surface area contributed by atoms with Gasteiger partial charge in [-0.3, -0.25) is 14.0 Å². The van der Waals surface area contributed by atoms with Crippen LogP contribution in [0.15, 0.2) is 47.4 Å². The minimum absolute atomic E-state index is 0.0997. The molecule has 2 aromatic heterocycles. The first-order valence-corrected chi connectivity index (χ1v) is 8.47. The van der Waals surface area contributed by atoms with Crippen molar-refractivity contribution >= 4 is 23.2 Å².